The van der Waals surface area contributed by atoms with Crippen LogP contribution >= 0.6 is 0 Å². The van der Waals surface area contributed by atoms with E-state index in [0.717, 1.165) is 37.5 Å². The summed E-state index contributed by atoms with van der Waals surface area (Å²) in [6.07, 6.45) is 6.51. The number of hydrogen-bond donors (Lipinski definition) is 2. The van der Waals surface area contributed by atoms with Crippen molar-refractivity contribution in [2.45, 2.75) is 51.1 Å². The third-order valence-electron chi connectivity index (χ3n) is 5.39. The van der Waals surface area contributed by atoms with Crippen LogP contribution in [0.25, 0.3) is 0 Å². The zero-order valence-corrected chi connectivity index (χ0v) is 14.4. The minimum absolute atomic E-state index is 0.0955. The van der Waals surface area contributed by atoms with Crippen molar-refractivity contribution in [3.8, 4) is 0 Å². The maximum atomic E-state index is 12.4. The van der Waals surface area contributed by atoms with Gasteiger partial charge in [0.2, 0.25) is 0 Å². The zero-order valence-electron chi connectivity index (χ0n) is 14.4. The Labute approximate surface area is 148 Å². The molecule has 25 heavy (non-hydrogen) atoms. The second kappa shape index (κ2) is 7.25. The number of aromatic nitrogens is 3. The predicted molar refractivity (Wildman–Crippen MR) is 95.1 cm³/mol. The van der Waals surface area contributed by atoms with Gasteiger partial charge in [0.05, 0.1) is 6.04 Å². The highest BCUT2D eigenvalue weighted by Gasteiger charge is 2.29. The average Bonchev–Trinajstić information content (AvgIpc) is 3.18. The minimum atomic E-state index is -0.0955. The maximum Gasteiger partial charge on any atom is 0.315 e. The Morgan fingerprint density at radius 3 is 2.80 bits per heavy atom. The van der Waals surface area contributed by atoms with E-state index in [1.54, 1.807) is 0 Å². The van der Waals surface area contributed by atoms with Crippen LogP contribution in [-0.4, -0.2) is 27.3 Å². The van der Waals surface area contributed by atoms with Crippen molar-refractivity contribution in [2.24, 2.45) is 5.92 Å². The summed E-state index contributed by atoms with van der Waals surface area (Å²) in [7, 11) is 0. The highest BCUT2D eigenvalue weighted by Crippen LogP contribution is 2.37. The smallest absolute Gasteiger partial charge is 0.315 e. The molecule has 1 aliphatic heterocycles. The van der Waals surface area contributed by atoms with Gasteiger partial charge in [0, 0.05) is 25.9 Å². The highest BCUT2D eigenvalue weighted by atomic mass is 16.2. The molecule has 2 aliphatic rings. The molecule has 1 aromatic heterocycles. The van der Waals surface area contributed by atoms with E-state index in [0.29, 0.717) is 12.5 Å². The first-order valence-corrected chi connectivity index (χ1v) is 9.31. The summed E-state index contributed by atoms with van der Waals surface area (Å²) in [5, 5.41) is 14.6. The number of hydrogen-bond acceptors (Lipinski definition) is 3. The van der Waals surface area contributed by atoms with E-state index in [1.807, 2.05) is 18.2 Å². The first-order valence-electron chi connectivity index (χ1n) is 9.31. The molecule has 2 N–H and O–H groups in total. The molecule has 2 aromatic rings. The van der Waals surface area contributed by atoms with E-state index < -0.39 is 0 Å². The number of nitrogens with one attached hydrogen (secondary N) is 2. The summed E-state index contributed by atoms with van der Waals surface area (Å²) in [6, 6.07) is 10.3. The fourth-order valence-electron chi connectivity index (χ4n) is 3.78. The molecule has 6 nitrogen and oxygen atoms in total. The molecule has 0 saturated heterocycles. The molecule has 6 heteroatoms. The summed E-state index contributed by atoms with van der Waals surface area (Å²) < 4.78 is 2.18. The van der Waals surface area contributed by atoms with Crippen LogP contribution in [0.1, 0.15) is 48.9 Å². The second-order valence-corrected chi connectivity index (χ2v) is 7.02. The number of rotatable bonds is 6. The van der Waals surface area contributed by atoms with Gasteiger partial charge in [0.25, 0.3) is 0 Å². The second-order valence-electron chi connectivity index (χ2n) is 7.02. The number of carbonyl (C=O) groups excluding carboxylic acids is 1. The van der Waals surface area contributed by atoms with Crippen LogP contribution in [0, 0.1) is 5.92 Å². The Balaban J connectivity index is 1.31. The Morgan fingerprint density at radius 1 is 1.20 bits per heavy atom. The van der Waals surface area contributed by atoms with E-state index in [-0.39, 0.29) is 12.1 Å². The fraction of sp³-hybridized carbons (Fsp3) is 0.526. The van der Waals surface area contributed by atoms with Gasteiger partial charge in [-0.2, -0.15) is 0 Å². The van der Waals surface area contributed by atoms with Crippen LogP contribution in [0.5, 0.6) is 0 Å². The lowest BCUT2D eigenvalue weighted by Gasteiger charge is -2.34. The van der Waals surface area contributed by atoms with Crippen molar-refractivity contribution in [3.05, 3.63) is 47.5 Å². The summed E-state index contributed by atoms with van der Waals surface area (Å²) in [5.74, 6) is 2.60. The summed E-state index contributed by atoms with van der Waals surface area (Å²) in [4.78, 5) is 12.4. The Kier molecular flexibility index (Phi) is 4.68. The third-order valence-corrected chi connectivity index (χ3v) is 5.39. The Hall–Kier alpha value is -2.37. The minimum Gasteiger partial charge on any atom is -0.338 e. The molecule has 0 radical (unpaired) electrons. The molecule has 0 bridgehead atoms. The number of nitrogens with zero attached hydrogens (tertiary/aromatic N) is 3. The average molecular weight is 339 g/mol. The van der Waals surface area contributed by atoms with Crippen molar-refractivity contribution >= 4 is 6.03 Å². The van der Waals surface area contributed by atoms with Gasteiger partial charge in [-0.15, -0.1) is 10.2 Å². The first kappa shape index (κ1) is 16.1. The fourth-order valence-corrected chi connectivity index (χ4v) is 3.78. The van der Waals surface area contributed by atoms with Crippen LogP contribution in [0.4, 0.5) is 4.79 Å². The Bertz CT molecular complexity index is 723. The number of aryl methyl sites for hydroxylation is 1. The lowest BCUT2D eigenvalue weighted by atomic mass is 9.77. The van der Waals surface area contributed by atoms with Crippen molar-refractivity contribution in [1.29, 1.82) is 0 Å². The van der Waals surface area contributed by atoms with Crippen LogP contribution < -0.4 is 10.6 Å². The molecule has 1 atom stereocenters. The van der Waals surface area contributed by atoms with Crippen LogP contribution in [0.2, 0.25) is 0 Å². The molecule has 4 rings (SSSR count). The van der Waals surface area contributed by atoms with Crippen molar-refractivity contribution in [3.63, 3.8) is 0 Å². The third kappa shape index (κ3) is 3.52. The monoisotopic (exact) mass is 339 g/mol. The summed E-state index contributed by atoms with van der Waals surface area (Å²) >= 11 is 0. The lowest BCUT2D eigenvalue weighted by Crippen LogP contribution is -2.42. The molecule has 132 valence electrons. The van der Waals surface area contributed by atoms with Crippen molar-refractivity contribution < 1.29 is 4.79 Å². The highest BCUT2D eigenvalue weighted by molar-refractivity contribution is 5.74. The lowest BCUT2D eigenvalue weighted by molar-refractivity contribution is 0.208. The number of carbonyl (C=O) groups is 1. The number of fused-ring (bicyclic) bond motifs is 1. The van der Waals surface area contributed by atoms with Gasteiger partial charge >= 0.3 is 6.03 Å². The van der Waals surface area contributed by atoms with Gasteiger partial charge < -0.3 is 15.2 Å². The maximum absolute atomic E-state index is 12.4. The normalized spacial score (nSPS) is 17.6. The molecular weight excluding hydrogens is 314 g/mol. The molecular formula is C19H25N5O. The quantitative estimate of drug-likeness (QED) is 0.850. The van der Waals surface area contributed by atoms with E-state index in [9.17, 15) is 4.79 Å². The Morgan fingerprint density at radius 2 is 2.04 bits per heavy atom. The molecule has 0 spiro atoms. The molecule has 1 aromatic carbocycles. The van der Waals surface area contributed by atoms with Crippen LogP contribution in [0.15, 0.2) is 30.3 Å². The van der Waals surface area contributed by atoms with Gasteiger partial charge in [-0.1, -0.05) is 36.8 Å². The summed E-state index contributed by atoms with van der Waals surface area (Å²) in [6.45, 7) is 1.58. The standard InChI is InChI=1S/C19H25N5O/c25-19(20-12-11-17-23-22-16-10-5-13-24(16)17)21-18(15-8-4-9-15)14-6-2-1-3-7-14/h1-3,6-7,15,18H,4-5,8-13H2,(H2,20,21,25). The number of amides is 2. The first-order chi connectivity index (χ1) is 12.3. The largest absolute Gasteiger partial charge is 0.338 e. The van der Waals surface area contributed by atoms with Gasteiger partial charge in [-0.25, -0.2) is 4.79 Å². The topological polar surface area (TPSA) is 71.8 Å². The van der Waals surface area contributed by atoms with Gasteiger partial charge in [-0.3, -0.25) is 0 Å². The van der Waals surface area contributed by atoms with Crippen LogP contribution in [-0.2, 0) is 19.4 Å². The van der Waals surface area contributed by atoms with Crippen molar-refractivity contribution in [1.82, 2.24) is 25.4 Å². The molecule has 1 unspecified atom stereocenters. The van der Waals surface area contributed by atoms with Gasteiger partial charge in [0.15, 0.2) is 0 Å². The molecule has 1 saturated carbocycles. The van der Waals surface area contributed by atoms with E-state index in [1.165, 1.54) is 24.8 Å². The van der Waals surface area contributed by atoms with Crippen molar-refractivity contribution in [2.75, 3.05) is 6.54 Å². The van der Waals surface area contributed by atoms with Crippen LogP contribution in [0.3, 0.4) is 0 Å². The van der Waals surface area contributed by atoms with E-state index in [2.05, 4.69) is 37.5 Å². The van der Waals surface area contributed by atoms with Gasteiger partial charge in [0.1, 0.15) is 11.6 Å². The SMILES string of the molecule is O=C(NCCc1nnc2n1CCC2)NC(c1ccccc1)C1CCC1. The molecule has 2 heterocycles. The van der Waals surface area contributed by atoms with E-state index in [4.69, 9.17) is 0 Å². The van der Waals surface area contributed by atoms with E-state index >= 15 is 0 Å². The number of benzene rings is 1. The molecule has 2 amide bonds. The predicted octanol–water partition coefficient (Wildman–Crippen LogP) is 2.61. The molecule has 1 fully saturated rings. The molecule has 1 aliphatic carbocycles. The number of urea groups is 1. The summed E-state index contributed by atoms with van der Waals surface area (Å²) in [5.41, 5.74) is 1.19. The van der Waals surface area contributed by atoms with Gasteiger partial charge in [-0.05, 0) is 30.7 Å². The zero-order chi connectivity index (χ0) is 17.1.